The van der Waals surface area contributed by atoms with Crippen molar-refractivity contribution in [2.45, 2.75) is 31.2 Å². The first-order valence-corrected chi connectivity index (χ1v) is 6.27. The van der Waals surface area contributed by atoms with Gasteiger partial charge in [-0.05, 0) is 72.5 Å². The molecular weight excluding hydrogens is 299 g/mol. The summed E-state index contributed by atoms with van der Waals surface area (Å²) in [6.45, 7) is 0. The monoisotopic (exact) mass is 312 g/mol. The molecule has 1 saturated carbocycles. The molecule has 2 rings (SSSR count). The van der Waals surface area contributed by atoms with E-state index in [2.05, 4.69) is 46.1 Å². The van der Waals surface area contributed by atoms with Crippen LogP contribution in [0.2, 0.25) is 0 Å². The van der Waals surface area contributed by atoms with Gasteiger partial charge in [-0.25, -0.2) is 0 Å². The van der Waals surface area contributed by atoms with Crippen LogP contribution in [0.4, 0.5) is 5.69 Å². The summed E-state index contributed by atoms with van der Waals surface area (Å²) in [5, 5.41) is 12.6. The van der Waals surface area contributed by atoms with Crippen molar-refractivity contribution in [1.82, 2.24) is 0 Å². The summed E-state index contributed by atoms with van der Waals surface area (Å²) < 4.78 is 1.22. The molecule has 1 aromatic rings. The van der Waals surface area contributed by atoms with Gasteiger partial charge in [0.1, 0.15) is 5.54 Å². The molecule has 3 heteroatoms. The van der Waals surface area contributed by atoms with E-state index in [0.717, 1.165) is 31.4 Å². The van der Waals surface area contributed by atoms with Crippen molar-refractivity contribution in [3.8, 4) is 6.07 Å². The Morgan fingerprint density at radius 1 is 1.20 bits per heavy atom. The Bertz CT molecular complexity index is 372. The van der Waals surface area contributed by atoms with Gasteiger partial charge in [-0.1, -0.05) is 0 Å². The predicted octanol–water partition coefficient (Wildman–Crippen LogP) is 3.54. The topological polar surface area (TPSA) is 35.8 Å². The first-order chi connectivity index (χ1) is 7.24. The quantitative estimate of drug-likeness (QED) is 0.848. The Kier molecular flexibility index (Phi) is 3.15. The molecule has 1 aliphatic carbocycles. The molecule has 1 aromatic carbocycles. The minimum absolute atomic E-state index is 0.313. The van der Waals surface area contributed by atoms with Crippen LogP contribution < -0.4 is 5.32 Å². The van der Waals surface area contributed by atoms with Gasteiger partial charge in [-0.2, -0.15) is 5.26 Å². The van der Waals surface area contributed by atoms with Crippen LogP contribution in [0.1, 0.15) is 25.7 Å². The molecule has 0 atom stereocenters. The first-order valence-electron chi connectivity index (χ1n) is 5.19. The van der Waals surface area contributed by atoms with Crippen molar-refractivity contribution in [1.29, 1.82) is 5.26 Å². The van der Waals surface area contributed by atoms with Crippen LogP contribution in [0.3, 0.4) is 0 Å². The summed E-state index contributed by atoms with van der Waals surface area (Å²) in [4.78, 5) is 0. The number of anilines is 1. The number of nitrogens with one attached hydrogen (secondary N) is 1. The maximum atomic E-state index is 9.22. The fourth-order valence-electron chi connectivity index (χ4n) is 2.05. The third-order valence-corrected chi connectivity index (χ3v) is 3.62. The fourth-order valence-corrected chi connectivity index (χ4v) is 2.41. The Morgan fingerprint density at radius 3 is 2.33 bits per heavy atom. The van der Waals surface area contributed by atoms with Gasteiger partial charge in [0, 0.05) is 9.26 Å². The van der Waals surface area contributed by atoms with E-state index in [1.807, 2.05) is 12.1 Å². The number of nitriles is 1. The Morgan fingerprint density at radius 2 is 1.80 bits per heavy atom. The van der Waals surface area contributed by atoms with Crippen LogP contribution in [0.25, 0.3) is 0 Å². The van der Waals surface area contributed by atoms with E-state index in [1.165, 1.54) is 3.57 Å². The third kappa shape index (κ3) is 2.43. The van der Waals surface area contributed by atoms with E-state index in [0.29, 0.717) is 0 Å². The SMILES string of the molecule is N#CC1(Nc2ccc(I)cc2)CCCC1. The van der Waals surface area contributed by atoms with E-state index in [1.54, 1.807) is 0 Å². The maximum Gasteiger partial charge on any atom is 0.125 e. The average Bonchev–Trinajstić information content (AvgIpc) is 2.71. The molecule has 1 fully saturated rings. The second kappa shape index (κ2) is 4.40. The van der Waals surface area contributed by atoms with Crippen LogP contribution in [-0.4, -0.2) is 5.54 Å². The number of nitrogens with zero attached hydrogens (tertiary/aromatic N) is 1. The summed E-state index contributed by atoms with van der Waals surface area (Å²) in [6.07, 6.45) is 4.25. The zero-order valence-electron chi connectivity index (χ0n) is 8.46. The molecule has 15 heavy (non-hydrogen) atoms. The minimum atomic E-state index is -0.313. The van der Waals surface area contributed by atoms with Crippen molar-refractivity contribution >= 4 is 28.3 Å². The van der Waals surface area contributed by atoms with Gasteiger partial charge in [0.2, 0.25) is 0 Å². The minimum Gasteiger partial charge on any atom is -0.367 e. The zero-order chi connectivity index (χ0) is 10.7. The second-order valence-corrected chi connectivity index (χ2v) is 5.28. The molecule has 0 saturated heterocycles. The predicted molar refractivity (Wildman–Crippen MR) is 69.6 cm³/mol. The van der Waals surface area contributed by atoms with Gasteiger partial charge < -0.3 is 5.32 Å². The lowest BCUT2D eigenvalue weighted by Gasteiger charge is -2.23. The standard InChI is InChI=1S/C12H13IN2/c13-10-3-5-11(6-4-10)15-12(9-14)7-1-2-8-12/h3-6,15H,1-2,7-8H2. The molecule has 0 bridgehead atoms. The van der Waals surface area contributed by atoms with E-state index < -0.39 is 0 Å². The number of hydrogen-bond donors (Lipinski definition) is 1. The highest BCUT2D eigenvalue weighted by atomic mass is 127. The van der Waals surface area contributed by atoms with Crippen molar-refractivity contribution < 1.29 is 0 Å². The summed E-state index contributed by atoms with van der Waals surface area (Å²) in [5.74, 6) is 0. The van der Waals surface area contributed by atoms with Gasteiger partial charge in [0.15, 0.2) is 0 Å². The molecule has 0 spiro atoms. The summed E-state index contributed by atoms with van der Waals surface area (Å²) in [7, 11) is 0. The molecule has 1 aliphatic rings. The number of benzene rings is 1. The molecule has 2 nitrogen and oxygen atoms in total. The van der Waals surface area contributed by atoms with Crippen molar-refractivity contribution in [3.63, 3.8) is 0 Å². The van der Waals surface area contributed by atoms with Crippen molar-refractivity contribution in [3.05, 3.63) is 27.8 Å². The van der Waals surface area contributed by atoms with Crippen LogP contribution in [0.15, 0.2) is 24.3 Å². The van der Waals surface area contributed by atoms with Crippen LogP contribution in [0.5, 0.6) is 0 Å². The highest BCUT2D eigenvalue weighted by molar-refractivity contribution is 14.1. The molecule has 0 amide bonds. The smallest absolute Gasteiger partial charge is 0.125 e. The Labute approximate surface area is 104 Å². The molecule has 0 radical (unpaired) electrons. The lowest BCUT2D eigenvalue weighted by atomic mass is 9.99. The van der Waals surface area contributed by atoms with Gasteiger partial charge in [-0.15, -0.1) is 0 Å². The largest absolute Gasteiger partial charge is 0.367 e. The van der Waals surface area contributed by atoms with Crippen molar-refractivity contribution in [2.24, 2.45) is 0 Å². The number of rotatable bonds is 2. The normalized spacial score (nSPS) is 18.4. The second-order valence-electron chi connectivity index (χ2n) is 4.03. The number of halogens is 1. The van der Waals surface area contributed by atoms with Gasteiger partial charge >= 0.3 is 0 Å². The van der Waals surface area contributed by atoms with E-state index in [4.69, 9.17) is 0 Å². The Balaban J connectivity index is 2.14. The van der Waals surface area contributed by atoms with Gasteiger partial charge in [0.05, 0.1) is 6.07 Å². The molecule has 0 heterocycles. The molecule has 1 N–H and O–H groups in total. The maximum absolute atomic E-state index is 9.22. The zero-order valence-corrected chi connectivity index (χ0v) is 10.6. The molecule has 0 unspecified atom stereocenters. The molecular formula is C12H13IN2. The van der Waals surface area contributed by atoms with Gasteiger partial charge in [0.25, 0.3) is 0 Å². The summed E-state index contributed by atoms with van der Waals surface area (Å²) in [6, 6.07) is 10.6. The van der Waals surface area contributed by atoms with E-state index in [-0.39, 0.29) is 5.54 Å². The fraction of sp³-hybridized carbons (Fsp3) is 0.417. The molecule has 0 aliphatic heterocycles. The van der Waals surface area contributed by atoms with E-state index >= 15 is 0 Å². The van der Waals surface area contributed by atoms with Crippen LogP contribution >= 0.6 is 22.6 Å². The third-order valence-electron chi connectivity index (χ3n) is 2.90. The first kappa shape index (κ1) is 10.7. The molecule has 0 aromatic heterocycles. The Hall–Kier alpha value is -0.760. The van der Waals surface area contributed by atoms with E-state index in [9.17, 15) is 5.26 Å². The van der Waals surface area contributed by atoms with Crippen LogP contribution in [-0.2, 0) is 0 Å². The molecule has 78 valence electrons. The summed E-state index contributed by atoms with van der Waals surface area (Å²) >= 11 is 2.28. The van der Waals surface area contributed by atoms with Crippen molar-refractivity contribution in [2.75, 3.05) is 5.32 Å². The lowest BCUT2D eigenvalue weighted by Crippen LogP contribution is -2.32. The lowest BCUT2D eigenvalue weighted by molar-refractivity contribution is 0.613. The average molecular weight is 312 g/mol. The highest BCUT2D eigenvalue weighted by Crippen LogP contribution is 2.32. The summed E-state index contributed by atoms with van der Waals surface area (Å²) in [5.41, 5.74) is 0.742. The van der Waals surface area contributed by atoms with Crippen LogP contribution in [0, 0.1) is 14.9 Å². The van der Waals surface area contributed by atoms with Gasteiger partial charge in [-0.3, -0.25) is 0 Å². The highest BCUT2D eigenvalue weighted by Gasteiger charge is 2.33. The number of hydrogen-bond acceptors (Lipinski definition) is 2.